The molecule has 0 unspecified atom stereocenters. The summed E-state index contributed by atoms with van der Waals surface area (Å²) in [5, 5.41) is 8.54. The molecule has 0 aromatic rings. The number of aliphatic hydroxyl groups excluding tert-OH is 1. The van der Waals surface area contributed by atoms with Crippen molar-refractivity contribution in [3.63, 3.8) is 0 Å². The number of rotatable bonds is 1. The van der Waals surface area contributed by atoms with Gasteiger partial charge in [0.15, 0.2) is 0 Å². The highest BCUT2D eigenvalue weighted by molar-refractivity contribution is 4.82. The number of allylic oxidation sites excluding steroid dienone is 1. The smallest absolute Gasteiger partial charge is 0.105 e. The molecular weight excluding hydrogens is 90.1 g/mol. The molecule has 0 radical (unpaired) electrons. The molecule has 1 N–H and O–H groups in total. The first-order valence-electron chi connectivity index (χ1n) is 2.16. The van der Waals surface area contributed by atoms with Crippen molar-refractivity contribution in [3.05, 3.63) is 12.0 Å². The fourth-order valence-corrected chi connectivity index (χ4v) is 0.374. The number of hydrogen-bond acceptors (Lipinski definition) is 2. The number of hydrogen-bond donors (Lipinski definition) is 1. The summed E-state index contributed by atoms with van der Waals surface area (Å²) in [5.74, 6) is 0.338. The van der Waals surface area contributed by atoms with Gasteiger partial charge in [0.1, 0.15) is 5.76 Å². The Morgan fingerprint density at radius 3 is 2.00 bits per heavy atom. The van der Waals surface area contributed by atoms with E-state index in [1.807, 2.05) is 14.1 Å². The summed E-state index contributed by atoms with van der Waals surface area (Å²) in [6.07, 6.45) is 1.64. The van der Waals surface area contributed by atoms with Crippen molar-refractivity contribution >= 4 is 0 Å². The molecule has 0 fully saturated rings. The zero-order valence-electron chi connectivity index (χ0n) is 4.97. The van der Waals surface area contributed by atoms with Gasteiger partial charge in [-0.1, -0.05) is 0 Å². The van der Waals surface area contributed by atoms with Crippen LogP contribution in [-0.2, 0) is 0 Å². The van der Waals surface area contributed by atoms with Gasteiger partial charge >= 0.3 is 0 Å². The maximum absolute atomic E-state index is 8.54. The molecule has 0 aromatic heterocycles. The van der Waals surface area contributed by atoms with Crippen molar-refractivity contribution in [2.24, 2.45) is 0 Å². The molecule has 42 valence electrons. The maximum Gasteiger partial charge on any atom is 0.105 e. The van der Waals surface area contributed by atoms with E-state index in [4.69, 9.17) is 5.11 Å². The van der Waals surface area contributed by atoms with Crippen LogP contribution in [0.25, 0.3) is 0 Å². The molecule has 0 saturated heterocycles. The summed E-state index contributed by atoms with van der Waals surface area (Å²) < 4.78 is 0. The Bertz CT molecular complexity index is 72.1. The van der Waals surface area contributed by atoms with Crippen LogP contribution in [-0.4, -0.2) is 24.1 Å². The van der Waals surface area contributed by atoms with Crippen LogP contribution in [0.4, 0.5) is 0 Å². The maximum atomic E-state index is 8.54. The summed E-state index contributed by atoms with van der Waals surface area (Å²) in [6.45, 7) is 1.64. The van der Waals surface area contributed by atoms with Crippen molar-refractivity contribution in [3.8, 4) is 0 Å². The van der Waals surface area contributed by atoms with Gasteiger partial charge in [-0.3, -0.25) is 0 Å². The van der Waals surface area contributed by atoms with Gasteiger partial charge in [-0.25, -0.2) is 0 Å². The lowest BCUT2D eigenvalue weighted by atomic mass is 10.6. The second-order valence-electron chi connectivity index (χ2n) is 1.73. The Morgan fingerprint density at radius 1 is 1.57 bits per heavy atom. The summed E-state index contributed by atoms with van der Waals surface area (Å²) in [7, 11) is 3.72. The average Bonchev–Trinajstić information content (AvgIpc) is 1.27. The molecule has 0 aliphatic rings. The van der Waals surface area contributed by atoms with Crippen LogP contribution < -0.4 is 0 Å². The van der Waals surface area contributed by atoms with E-state index in [9.17, 15) is 0 Å². The Morgan fingerprint density at radius 2 is 2.00 bits per heavy atom. The van der Waals surface area contributed by atoms with Crippen LogP contribution in [0.15, 0.2) is 12.0 Å². The Balaban J connectivity index is 3.45. The van der Waals surface area contributed by atoms with E-state index in [-0.39, 0.29) is 0 Å². The lowest BCUT2D eigenvalue weighted by Gasteiger charge is -2.02. The van der Waals surface area contributed by atoms with E-state index in [1.54, 1.807) is 18.0 Å². The standard InChI is InChI=1S/C5H11NO/c1-5(7)4-6(2)3/h4,7H,1-3H3. The number of aliphatic hydroxyl groups is 1. The third-order valence-corrected chi connectivity index (χ3v) is 0.445. The van der Waals surface area contributed by atoms with Crippen LogP contribution in [0.3, 0.4) is 0 Å². The van der Waals surface area contributed by atoms with Crippen LogP contribution in [0.2, 0.25) is 0 Å². The average molecular weight is 101 g/mol. The van der Waals surface area contributed by atoms with E-state index in [0.717, 1.165) is 0 Å². The zero-order chi connectivity index (χ0) is 5.86. The van der Waals surface area contributed by atoms with Crippen molar-refractivity contribution in [1.82, 2.24) is 4.90 Å². The first-order valence-corrected chi connectivity index (χ1v) is 2.16. The molecule has 0 aliphatic heterocycles. The van der Waals surface area contributed by atoms with Crippen LogP contribution in [0.5, 0.6) is 0 Å². The molecule has 0 atom stereocenters. The van der Waals surface area contributed by atoms with E-state index in [2.05, 4.69) is 0 Å². The fourth-order valence-electron chi connectivity index (χ4n) is 0.374. The second-order valence-corrected chi connectivity index (χ2v) is 1.73. The third-order valence-electron chi connectivity index (χ3n) is 0.445. The van der Waals surface area contributed by atoms with E-state index >= 15 is 0 Å². The SMILES string of the molecule is CC(O)=CN(C)C. The van der Waals surface area contributed by atoms with Gasteiger partial charge in [-0.15, -0.1) is 0 Å². The third kappa shape index (κ3) is 5.34. The minimum Gasteiger partial charge on any atom is -0.511 e. The van der Waals surface area contributed by atoms with Crippen molar-refractivity contribution in [1.29, 1.82) is 0 Å². The lowest BCUT2D eigenvalue weighted by molar-refractivity contribution is 0.391. The number of nitrogens with zero attached hydrogens (tertiary/aromatic N) is 1. The summed E-state index contributed by atoms with van der Waals surface area (Å²) in [5.41, 5.74) is 0. The summed E-state index contributed by atoms with van der Waals surface area (Å²) in [4.78, 5) is 1.79. The molecule has 0 rings (SSSR count). The second kappa shape index (κ2) is 2.50. The minimum absolute atomic E-state index is 0.338. The van der Waals surface area contributed by atoms with E-state index < -0.39 is 0 Å². The highest BCUT2D eigenvalue weighted by Gasteiger charge is 1.77. The van der Waals surface area contributed by atoms with Gasteiger partial charge in [-0.2, -0.15) is 0 Å². The molecule has 0 spiro atoms. The van der Waals surface area contributed by atoms with E-state index in [0.29, 0.717) is 5.76 Å². The first-order chi connectivity index (χ1) is 3.13. The molecule has 2 nitrogen and oxygen atoms in total. The van der Waals surface area contributed by atoms with Crippen molar-refractivity contribution < 1.29 is 5.11 Å². The molecule has 7 heavy (non-hydrogen) atoms. The van der Waals surface area contributed by atoms with Crippen LogP contribution in [0.1, 0.15) is 6.92 Å². The predicted molar refractivity (Wildman–Crippen MR) is 30.1 cm³/mol. The molecule has 0 amide bonds. The highest BCUT2D eigenvalue weighted by atomic mass is 16.3. The molecule has 0 aliphatic carbocycles. The zero-order valence-corrected chi connectivity index (χ0v) is 4.97. The molecular formula is C5H11NO. The van der Waals surface area contributed by atoms with Crippen LogP contribution >= 0.6 is 0 Å². The topological polar surface area (TPSA) is 23.5 Å². The Kier molecular flexibility index (Phi) is 2.27. The molecule has 0 bridgehead atoms. The quantitative estimate of drug-likeness (QED) is 0.497. The van der Waals surface area contributed by atoms with Gasteiger partial charge in [-0.05, 0) is 6.92 Å². The van der Waals surface area contributed by atoms with Crippen LogP contribution in [0, 0.1) is 0 Å². The van der Waals surface area contributed by atoms with Gasteiger partial charge in [0.2, 0.25) is 0 Å². The molecule has 0 saturated carbocycles. The van der Waals surface area contributed by atoms with Gasteiger partial charge in [0.25, 0.3) is 0 Å². The molecule has 2 heteroatoms. The van der Waals surface area contributed by atoms with Crippen molar-refractivity contribution in [2.75, 3.05) is 14.1 Å². The minimum atomic E-state index is 0.338. The van der Waals surface area contributed by atoms with E-state index in [1.165, 1.54) is 0 Å². The first kappa shape index (κ1) is 6.34. The van der Waals surface area contributed by atoms with Gasteiger partial charge < -0.3 is 10.0 Å². The predicted octanol–water partition coefficient (Wildman–Crippen LogP) is 0.967. The normalized spacial score (nSPS) is 11.6. The highest BCUT2D eigenvalue weighted by Crippen LogP contribution is 1.83. The molecule has 0 heterocycles. The summed E-state index contributed by atoms with van der Waals surface area (Å²) in [6, 6.07) is 0. The monoisotopic (exact) mass is 101 g/mol. The summed E-state index contributed by atoms with van der Waals surface area (Å²) >= 11 is 0. The van der Waals surface area contributed by atoms with Crippen molar-refractivity contribution in [2.45, 2.75) is 6.92 Å². The Labute approximate surface area is 44.1 Å². The van der Waals surface area contributed by atoms with Gasteiger partial charge in [0, 0.05) is 20.3 Å². The largest absolute Gasteiger partial charge is 0.511 e. The fraction of sp³-hybridized carbons (Fsp3) is 0.600. The molecule has 0 aromatic carbocycles. The van der Waals surface area contributed by atoms with Gasteiger partial charge in [0.05, 0.1) is 0 Å². The Hall–Kier alpha value is -0.660. The lowest BCUT2D eigenvalue weighted by Crippen LogP contribution is -2.01.